The summed E-state index contributed by atoms with van der Waals surface area (Å²) in [7, 11) is -3.35. The first-order valence-electron chi connectivity index (χ1n) is 6.19. The fourth-order valence-electron chi connectivity index (χ4n) is 1.73. The van der Waals surface area contributed by atoms with E-state index in [9.17, 15) is 8.42 Å². The van der Waals surface area contributed by atoms with Crippen LogP contribution in [0.25, 0.3) is 0 Å². The van der Waals surface area contributed by atoms with E-state index in [1.54, 1.807) is 11.8 Å². The van der Waals surface area contributed by atoms with Gasteiger partial charge in [-0.1, -0.05) is 18.2 Å². The summed E-state index contributed by atoms with van der Waals surface area (Å²) < 4.78 is 33.1. The van der Waals surface area contributed by atoms with E-state index in [1.165, 1.54) is 4.31 Å². The van der Waals surface area contributed by atoms with Gasteiger partial charge in [-0.15, -0.1) is 11.8 Å². The Balaban J connectivity index is 1.72. The van der Waals surface area contributed by atoms with E-state index >= 15 is 0 Å². The van der Waals surface area contributed by atoms with Crippen molar-refractivity contribution < 1.29 is 13.2 Å². The van der Waals surface area contributed by atoms with Crippen LogP contribution in [0.1, 0.15) is 0 Å². The third-order valence-electron chi connectivity index (χ3n) is 2.71. The van der Waals surface area contributed by atoms with E-state index in [-0.39, 0.29) is 0 Å². The number of hydrogen-bond acceptors (Lipinski definition) is 4. The van der Waals surface area contributed by atoms with Crippen LogP contribution >= 0.6 is 11.8 Å². The van der Waals surface area contributed by atoms with Crippen LogP contribution in [0.2, 0.25) is 0 Å². The van der Waals surface area contributed by atoms with E-state index < -0.39 is 10.2 Å². The maximum Gasteiger partial charge on any atom is 0.279 e. The molecule has 0 radical (unpaired) electrons. The number of nitrogens with zero attached hydrogens (tertiary/aromatic N) is 1. The van der Waals surface area contributed by atoms with Gasteiger partial charge in [0.15, 0.2) is 0 Å². The highest BCUT2D eigenvalue weighted by molar-refractivity contribution is 7.99. The minimum Gasteiger partial charge on any atom is -0.379 e. The predicted molar refractivity (Wildman–Crippen MR) is 76.5 cm³/mol. The highest BCUT2D eigenvalue weighted by Gasteiger charge is 2.23. The summed E-state index contributed by atoms with van der Waals surface area (Å²) in [5.41, 5.74) is 0. The lowest BCUT2D eigenvalue weighted by molar-refractivity contribution is 0.0725. The minimum absolute atomic E-state index is 0.430. The summed E-state index contributed by atoms with van der Waals surface area (Å²) >= 11 is 1.64. The second-order valence-corrected chi connectivity index (χ2v) is 7.00. The minimum atomic E-state index is -3.35. The molecule has 1 heterocycles. The topological polar surface area (TPSA) is 58.6 Å². The van der Waals surface area contributed by atoms with E-state index in [0.717, 1.165) is 4.90 Å². The van der Waals surface area contributed by atoms with E-state index in [1.807, 2.05) is 30.3 Å². The van der Waals surface area contributed by atoms with Crippen LogP contribution in [0.5, 0.6) is 0 Å². The molecular weight excluding hydrogens is 284 g/mol. The van der Waals surface area contributed by atoms with Gasteiger partial charge in [0.1, 0.15) is 0 Å². The maximum atomic E-state index is 11.9. The van der Waals surface area contributed by atoms with Gasteiger partial charge in [-0.3, -0.25) is 0 Å². The molecule has 0 spiro atoms. The first-order valence-corrected chi connectivity index (χ1v) is 8.61. The first-order chi connectivity index (χ1) is 9.18. The molecule has 1 aromatic rings. The standard InChI is InChI=1S/C12H18N2O3S2/c15-19(16,14-7-9-17-10-8-14)13-6-11-18-12-4-2-1-3-5-12/h1-5,13H,6-11H2. The Bertz CT molecular complexity index is 473. The number of nitrogens with one attached hydrogen (secondary N) is 1. The van der Waals surface area contributed by atoms with Gasteiger partial charge >= 0.3 is 0 Å². The molecule has 0 aromatic heterocycles. The summed E-state index contributed by atoms with van der Waals surface area (Å²) in [4.78, 5) is 1.15. The van der Waals surface area contributed by atoms with Crippen molar-refractivity contribution >= 4 is 22.0 Å². The van der Waals surface area contributed by atoms with Gasteiger partial charge in [-0.05, 0) is 12.1 Å². The fraction of sp³-hybridized carbons (Fsp3) is 0.500. The molecule has 0 aliphatic carbocycles. The lowest BCUT2D eigenvalue weighted by Crippen LogP contribution is -2.47. The molecule has 1 aromatic carbocycles. The predicted octanol–water partition coefficient (Wildman–Crippen LogP) is 0.945. The Kier molecular flexibility index (Phi) is 5.65. The van der Waals surface area contributed by atoms with Crippen LogP contribution in [0.15, 0.2) is 35.2 Å². The van der Waals surface area contributed by atoms with Crippen LogP contribution in [-0.2, 0) is 14.9 Å². The number of hydrogen-bond donors (Lipinski definition) is 1. The molecule has 1 saturated heterocycles. The normalized spacial score (nSPS) is 17.5. The van der Waals surface area contributed by atoms with Gasteiger partial charge in [0.25, 0.3) is 10.2 Å². The SMILES string of the molecule is O=S(=O)(NCCSc1ccccc1)N1CCOCC1. The Morgan fingerprint density at radius 3 is 2.58 bits per heavy atom. The molecule has 5 nitrogen and oxygen atoms in total. The van der Waals surface area contributed by atoms with Crippen molar-refractivity contribution in [3.05, 3.63) is 30.3 Å². The average Bonchev–Trinajstić information content (AvgIpc) is 2.46. The molecule has 0 atom stereocenters. The van der Waals surface area contributed by atoms with Gasteiger partial charge in [0.2, 0.25) is 0 Å². The summed E-state index contributed by atoms with van der Waals surface area (Å²) in [5.74, 6) is 0.716. The Hall–Kier alpha value is -0.600. The first kappa shape index (κ1) is 14.8. The molecular formula is C12H18N2O3S2. The third-order valence-corrected chi connectivity index (χ3v) is 5.34. The number of benzene rings is 1. The molecule has 1 aliphatic rings. The van der Waals surface area contributed by atoms with Crippen molar-refractivity contribution in [2.24, 2.45) is 0 Å². The van der Waals surface area contributed by atoms with Gasteiger partial charge in [0, 0.05) is 30.3 Å². The van der Waals surface area contributed by atoms with E-state index in [4.69, 9.17) is 4.74 Å². The van der Waals surface area contributed by atoms with Crippen molar-refractivity contribution in [1.29, 1.82) is 0 Å². The van der Waals surface area contributed by atoms with Crippen molar-refractivity contribution in [3.63, 3.8) is 0 Å². The molecule has 7 heteroatoms. The lowest BCUT2D eigenvalue weighted by atomic mass is 10.4. The molecule has 106 valence electrons. The maximum absolute atomic E-state index is 11.9. The monoisotopic (exact) mass is 302 g/mol. The zero-order valence-corrected chi connectivity index (χ0v) is 12.3. The van der Waals surface area contributed by atoms with Crippen LogP contribution < -0.4 is 4.72 Å². The lowest BCUT2D eigenvalue weighted by Gasteiger charge is -2.26. The number of thioether (sulfide) groups is 1. The largest absolute Gasteiger partial charge is 0.379 e. The highest BCUT2D eigenvalue weighted by atomic mass is 32.2. The number of rotatable bonds is 6. The second kappa shape index (κ2) is 7.25. The zero-order chi connectivity index (χ0) is 13.6. The molecule has 1 fully saturated rings. The quantitative estimate of drug-likeness (QED) is 0.628. The van der Waals surface area contributed by atoms with Gasteiger partial charge in [0.05, 0.1) is 13.2 Å². The summed E-state index contributed by atoms with van der Waals surface area (Å²) in [6.07, 6.45) is 0. The summed E-state index contributed by atoms with van der Waals surface area (Å²) in [5, 5.41) is 0. The third kappa shape index (κ3) is 4.77. The van der Waals surface area contributed by atoms with Crippen molar-refractivity contribution in [3.8, 4) is 0 Å². The molecule has 2 rings (SSSR count). The molecule has 0 unspecified atom stereocenters. The Labute approximate surface area is 118 Å². The Morgan fingerprint density at radius 2 is 1.89 bits per heavy atom. The molecule has 1 aliphatic heterocycles. The molecule has 0 bridgehead atoms. The van der Waals surface area contributed by atoms with E-state index in [0.29, 0.717) is 38.6 Å². The van der Waals surface area contributed by atoms with Crippen LogP contribution in [0.4, 0.5) is 0 Å². The van der Waals surface area contributed by atoms with Crippen LogP contribution in [0, 0.1) is 0 Å². The van der Waals surface area contributed by atoms with Crippen molar-refractivity contribution in [2.75, 3.05) is 38.6 Å². The van der Waals surface area contributed by atoms with Crippen LogP contribution in [0.3, 0.4) is 0 Å². The smallest absolute Gasteiger partial charge is 0.279 e. The number of ether oxygens (including phenoxy) is 1. The highest BCUT2D eigenvalue weighted by Crippen LogP contribution is 2.16. The van der Waals surface area contributed by atoms with Crippen LogP contribution in [-0.4, -0.2) is 51.3 Å². The number of morpholine rings is 1. The second-order valence-electron chi connectivity index (χ2n) is 4.07. The summed E-state index contributed by atoms with van der Waals surface area (Å²) in [6, 6.07) is 9.94. The average molecular weight is 302 g/mol. The summed E-state index contributed by atoms with van der Waals surface area (Å²) in [6.45, 7) is 2.24. The van der Waals surface area contributed by atoms with Gasteiger partial charge in [-0.2, -0.15) is 12.7 Å². The van der Waals surface area contributed by atoms with Crippen molar-refractivity contribution in [2.45, 2.75) is 4.90 Å². The van der Waals surface area contributed by atoms with Gasteiger partial charge in [-0.25, -0.2) is 4.72 Å². The molecule has 1 N–H and O–H groups in total. The van der Waals surface area contributed by atoms with E-state index in [2.05, 4.69) is 4.72 Å². The Morgan fingerprint density at radius 1 is 1.21 bits per heavy atom. The molecule has 19 heavy (non-hydrogen) atoms. The zero-order valence-electron chi connectivity index (χ0n) is 10.6. The molecule has 0 saturated carbocycles. The molecule has 0 amide bonds. The van der Waals surface area contributed by atoms with Crippen molar-refractivity contribution in [1.82, 2.24) is 9.03 Å². The van der Waals surface area contributed by atoms with Gasteiger partial charge < -0.3 is 4.74 Å². The fourth-order valence-corrected chi connectivity index (χ4v) is 3.83.